The van der Waals surface area contributed by atoms with Crippen LogP contribution >= 0.6 is 22.9 Å². The van der Waals surface area contributed by atoms with Gasteiger partial charge < -0.3 is 10.1 Å². The van der Waals surface area contributed by atoms with E-state index in [4.69, 9.17) is 4.74 Å². The van der Waals surface area contributed by atoms with E-state index in [1.54, 1.807) is 35.6 Å². The van der Waals surface area contributed by atoms with E-state index in [0.29, 0.717) is 17.9 Å². The molecule has 0 saturated heterocycles. The second kappa shape index (κ2) is 6.89. The van der Waals surface area contributed by atoms with E-state index in [0.717, 1.165) is 21.4 Å². The Kier molecular flexibility index (Phi) is 4.68. The molecule has 118 valence electrons. The summed E-state index contributed by atoms with van der Waals surface area (Å²) in [6, 6.07) is 8.90. The van der Waals surface area contributed by atoms with Gasteiger partial charge >= 0.3 is 0 Å². The van der Waals surface area contributed by atoms with Crippen LogP contribution in [-0.2, 0) is 6.61 Å². The molecule has 23 heavy (non-hydrogen) atoms. The minimum atomic E-state index is -0.157. The highest BCUT2D eigenvalue weighted by Gasteiger charge is 2.08. The normalized spacial score (nSPS) is 10.5. The Morgan fingerprint density at radius 3 is 2.61 bits per heavy atom. The first-order valence-electron chi connectivity index (χ1n) is 6.99. The number of rotatable bonds is 5. The van der Waals surface area contributed by atoms with Gasteiger partial charge in [0.25, 0.3) is 5.91 Å². The van der Waals surface area contributed by atoms with Crippen LogP contribution in [0.4, 0.5) is 5.00 Å². The third-order valence-electron chi connectivity index (χ3n) is 3.01. The fourth-order valence-corrected chi connectivity index (χ4v) is 3.26. The van der Waals surface area contributed by atoms with Crippen molar-refractivity contribution >= 4 is 33.8 Å². The maximum absolute atomic E-state index is 12.1. The van der Waals surface area contributed by atoms with E-state index < -0.39 is 0 Å². The summed E-state index contributed by atoms with van der Waals surface area (Å²) >= 11 is 2.85. The van der Waals surface area contributed by atoms with Crippen molar-refractivity contribution in [2.24, 2.45) is 0 Å². The molecule has 5 nitrogen and oxygen atoms in total. The topological polar surface area (TPSA) is 64.1 Å². The van der Waals surface area contributed by atoms with Gasteiger partial charge in [-0.1, -0.05) is 0 Å². The van der Waals surface area contributed by atoms with Crippen molar-refractivity contribution in [3.8, 4) is 5.75 Å². The number of aromatic nitrogens is 2. The average Bonchev–Trinajstić information content (AvgIpc) is 3.14. The Morgan fingerprint density at radius 1 is 1.22 bits per heavy atom. The molecule has 0 unspecified atom stereocenters. The summed E-state index contributed by atoms with van der Waals surface area (Å²) in [5.41, 5.74) is 2.47. The molecule has 0 saturated carbocycles. The molecule has 7 heteroatoms. The van der Waals surface area contributed by atoms with Gasteiger partial charge in [0, 0.05) is 16.6 Å². The number of nitrogens with one attached hydrogen (secondary N) is 1. The molecule has 0 bridgehead atoms. The predicted molar refractivity (Wildman–Crippen MR) is 92.4 cm³/mol. The zero-order valence-corrected chi connectivity index (χ0v) is 14.3. The highest BCUT2D eigenvalue weighted by Crippen LogP contribution is 2.19. The van der Waals surface area contributed by atoms with Crippen LogP contribution < -0.4 is 10.1 Å². The Labute approximate surface area is 142 Å². The summed E-state index contributed by atoms with van der Waals surface area (Å²) in [4.78, 5) is 16.5. The third kappa shape index (κ3) is 4.14. The van der Waals surface area contributed by atoms with Crippen LogP contribution in [0.1, 0.15) is 26.8 Å². The first kappa shape index (κ1) is 15.6. The minimum Gasteiger partial charge on any atom is -0.486 e. The Morgan fingerprint density at radius 2 is 2.00 bits per heavy atom. The second-order valence-electron chi connectivity index (χ2n) is 4.98. The van der Waals surface area contributed by atoms with Crippen molar-refractivity contribution in [2.75, 3.05) is 5.32 Å². The Balaban J connectivity index is 1.58. The van der Waals surface area contributed by atoms with Gasteiger partial charge in [0.2, 0.25) is 0 Å². The van der Waals surface area contributed by atoms with Crippen LogP contribution in [0.15, 0.2) is 35.7 Å². The summed E-state index contributed by atoms with van der Waals surface area (Å²) in [5, 5.41) is 6.50. The van der Waals surface area contributed by atoms with Gasteiger partial charge in [-0.15, -0.1) is 11.3 Å². The van der Waals surface area contributed by atoms with Gasteiger partial charge in [-0.25, -0.2) is 4.98 Å². The molecule has 0 aliphatic carbocycles. The van der Waals surface area contributed by atoms with Gasteiger partial charge in [0.05, 0.1) is 5.69 Å². The van der Waals surface area contributed by atoms with Crippen molar-refractivity contribution in [2.45, 2.75) is 20.5 Å². The summed E-state index contributed by atoms with van der Waals surface area (Å²) in [5.74, 6) is 0.554. The molecule has 0 aliphatic rings. The van der Waals surface area contributed by atoms with Crippen LogP contribution in [0.25, 0.3) is 0 Å². The van der Waals surface area contributed by atoms with E-state index in [1.807, 2.05) is 25.3 Å². The molecule has 3 rings (SSSR count). The lowest BCUT2D eigenvalue weighted by Crippen LogP contribution is -2.10. The lowest BCUT2D eigenvalue weighted by molar-refractivity contribution is 0.102. The van der Waals surface area contributed by atoms with E-state index in [2.05, 4.69) is 14.7 Å². The number of hydrogen-bond donors (Lipinski definition) is 1. The fourth-order valence-electron chi connectivity index (χ4n) is 1.92. The number of nitrogens with zero attached hydrogens (tertiary/aromatic N) is 2. The molecule has 1 aromatic carbocycles. The van der Waals surface area contributed by atoms with E-state index >= 15 is 0 Å². The SMILES string of the molecule is Cc1cc(NC(=O)c2ccc(OCc3nc(C)cs3)cc2)sn1. The number of anilines is 1. The maximum Gasteiger partial charge on any atom is 0.256 e. The van der Waals surface area contributed by atoms with E-state index in [1.165, 1.54) is 11.5 Å². The number of benzene rings is 1. The summed E-state index contributed by atoms with van der Waals surface area (Å²) in [6.07, 6.45) is 0. The molecular formula is C16H15N3O2S2. The first-order chi connectivity index (χ1) is 11.1. The number of thiazole rings is 1. The number of carbonyl (C=O) groups excluding carboxylic acids is 1. The smallest absolute Gasteiger partial charge is 0.256 e. The molecule has 2 heterocycles. The molecule has 3 aromatic rings. The van der Waals surface area contributed by atoms with Crippen molar-refractivity contribution < 1.29 is 9.53 Å². The highest BCUT2D eigenvalue weighted by molar-refractivity contribution is 7.10. The van der Waals surface area contributed by atoms with E-state index in [9.17, 15) is 4.79 Å². The monoisotopic (exact) mass is 345 g/mol. The zero-order valence-electron chi connectivity index (χ0n) is 12.7. The van der Waals surface area contributed by atoms with E-state index in [-0.39, 0.29) is 5.91 Å². The Hall–Kier alpha value is -2.25. The number of hydrogen-bond acceptors (Lipinski definition) is 6. The quantitative estimate of drug-likeness (QED) is 0.758. The molecule has 1 amide bonds. The lowest BCUT2D eigenvalue weighted by Gasteiger charge is -2.06. The number of ether oxygens (including phenoxy) is 1. The molecule has 0 spiro atoms. The summed E-state index contributed by atoms with van der Waals surface area (Å²) < 4.78 is 9.80. The summed E-state index contributed by atoms with van der Waals surface area (Å²) in [6.45, 7) is 4.28. The largest absolute Gasteiger partial charge is 0.486 e. The zero-order chi connectivity index (χ0) is 16.2. The van der Waals surface area contributed by atoms with Crippen LogP contribution in [0.2, 0.25) is 0 Å². The molecule has 0 atom stereocenters. The van der Waals surface area contributed by atoms with Gasteiger partial charge in [-0.2, -0.15) is 4.37 Å². The van der Waals surface area contributed by atoms with Crippen LogP contribution in [-0.4, -0.2) is 15.3 Å². The number of carbonyl (C=O) groups is 1. The molecule has 0 aliphatic heterocycles. The van der Waals surface area contributed by atoms with Gasteiger partial charge in [-0.05, 0) is 55.7 Å². The third-order valence-corrected chi connectivity index (χ3v) is 4.75. The van der Waals surface area contributed by atoms with Crippen LogP contribution in [0.5, 0.6) is 5.75 Å². The number of amides is 1. The highest BCUT2D eigenvalue weighted by atomic mass is 32.1. The van der Waals surface area contributed by atoms with Crippen LogP contribution in [0.3, 0.4) is 0 Å². The van der Waals surface area contributed by atoms with Gasteiger partial charge in [0.15, 0.2) is 0 Å². The minimum absolute atomic E-state index is 0.157. The molecule has 0 fully saturated rings. The van der Waals surface area contributed by atoms with Crippen molar-refractivity contribution in [3.63, 3.8) is 0 Å². The standard InChI is InChI=1S/C16H15N3O2S2/c1-10-7-14(23-19-10)18-16(20)12-3-5-13(6-4-12)21-8-15-17-11(2)9-22-15/h3-7,9H,8H2,1-2H3,(H,18,20). The predicted octanol–water partition coefficient (Wildman–Crippen LogP) is 4.05. The lowest BCUT2D eigenvalue weighted by atomic mass is 10.2. The van der Waals surface area contributed by atoms with Crippen molar-refractivity contribution in [1.82, 2.24) is 9.36 Å². The average molecular weight is 345 g/mol. The van der Waals surface area contributed by atoms with Crippen molar-refractivity contribution in [3.05, 3.63) is 57.7 Å². The maximum atomic E-state index is 12.1. The molecule has 1 N–H and O–H groups in total. The Bertz CT molecular complexity index is 809. The van der Waals surface area contributed by atoms with Gasteiger partial charge in [0.1, 0.15) is 22.4 Å². The van der Waals surface area contributed by atoms with Gasteiger partial charge in [-0.3, -0.25) is 4.79 Å². The molecule has 2 aromatic heterocycles. The molecular weight excluding hydrogens is 330 g/mol. The van der Waals surface area contributed by atoms with Crippen molar-refractivity contribution in [1.29, 1.82) is 0 Å². The fraction of sp³-hybridized carbons (Fsp3) is 0.188. The second-order valence-corrected chi connectivity index (χ2v) is 6.73. The summed E-state index contributed by atoms with van der Waals surface area (Å²) in [7, 11) is 0. The first-order valence-corrected chi connectivity index (χ1v) is 8.64. The molecule has 0 radical (unpaired) electrons. The number of aryl methyl sites for hydroxylation is 2. The van der Waals surface area contributed by atoms with Crippen LogP contribution in [0, 0.1) is 13.8 Å².